The summed E-state index contributed by atoms with van der Waals surface area (Å²) in [7, 11) is 0. The fraction of sp³-hybridized carbons (Fsp3) is 0.0909. The Morgan fingerprint density at radius 1 is 0.917 bits per heavy atom. The first-order valence-corrected chi connectivity index (χ1v) is 7.88. The van der Waals surface area contributed by atoms with E-state index in [-0.39, 0.29) is 11.5 Å². The molecule has 0 fully saturated rings. The molecule has 2 N–H and O–H groups in total. The lowest BCUT2D eigenvalue weighted by Crippen LogP contribution is -2.21. The van der Waals surface area contributed by atoms with E-state index in [1.807, 2.05) is 24.3 Å². The van der Waals surface area contributed by atoms with Crippen molar-refractivity contribution in [2.24, 2.45) is 0 Å². The largest absolute Gasteiger partial charge is 0.508 e. The van der Waals surface area contributed by atoms with Crippen LogP contribution in [0.3, 0.4) is 0 Å². The van der Waals surface area contributed by atoms with E-state index in [1.54, 1.807) is 24.3 Å². The lowest BCUT2D eigenvalue weighted by Gasteiger charge is -2.05. The number of benzene rings is 3. The van der Waals surface area contributed by atoms with Crippen molar-refractivity contribution >= 4 is 23.4 Å². The summed E-state index contributed by atoms with van der Waals surface area (Å²) in [4.78, 5) is 0. The molecule has 3 rings (SSSR count). The van der Waals surface area contributed by atoms with Gasteiger partial charge in [-0.05, 0) is 64.4 Å². The van der Waals surface area contributed by atoms with Gasteiger partial charge < -0.3 is 10.2 Å². The zero-order chi connectivity index (χ0) is 17.1. The predicted octanol–water partition coefficient (Wildman–Crippen LogP) is 3.63. The van der Waals surface area contributed by atoms with E-state index in [9.17, 15) is 10.2 Å². The Labute approximate surface area is 141 Å². The van der Waals surface area contributed by atoms with E-state index in [0.29, 0.717) is 0 Å². The van der Waals surface area contributed by atoms with Crippen molar-refractivity contribution in [3.8, 4) is 11.5 Å². The van der Waals surface area contributed by atoms with Gasteiger partial charge in [0.2, 0.25) is 0 Å². The summed E-state index contributed by atoms with van der Waals surface area (Å²) in [5, 5.41) is 23.1. The Bertz CT molecular complexity index is 1030. The topological polar surface area (TPSA) is 40.5 Å². The molecule has 2 nitrogen and oxygen atoms in total. The summed E-state index contributed by atoms with van der Waals surface area (Å²) < 4.78 is 0. The third-order valence-electron chi connectivity index (χ3n) is 4.05. The Kier molecular flexibility index (Phi) is 4.39. The minimum atomic E-state index is 0.248. The van der Waals surface area contributed by atoms with Crippen molar-refractivity contribution in [1.82, 2.24) is 0 Å². The molecule has 0 aliphatic heterocycles. The standard InChI is InChI=1S/C22H20O2/c1-15(3-6-18-13-21(23)9-4-16(18)2)11-17-5-7-20-14-22(24)10-8-19(20)12-17/h3-10,12-14,23-24H,2,11H2,1H3/b15-3+,18-6-. The SMILES string of the molecule is C=c1ccc(O)c/c1=C/C=C(\C)Cc1ccc2cc(O)ccc2c1. The summed E-state index contributed by atoms with van der Waals surface area (Å²) in [5.74, 6) is 0.536. The Morgan fingerprint density at radius 2 is 1.58 bits per heavy atom. The van der Waals surface area contributed by atoms with Crippen molar-refractivity contribution < 1.29 is 10.2 Å². The first-order chi connectivity index (χ1) is 11.5. The van der Waals surface area contributed by atoms with E-state index in [4.69, 9.17) is 0 Å². The van der Waals surface area contributed by atoms with Gasteiger partial charge in [0, 0.05) is 0 Å². The average Bonchev–Trinajstić information content (AvgIpc) is 2.56. The highest BCUT2D eigenvalue weighted by molar-refractivity contribution is 5.84. The van der Waals surface area contributed by atoms with Gasteiger partial charge in [-0.3, -0.25) is 0 Å². The molecule has 0 amide bonds. The molecule has 0 aliphatic carbocycles. The smallest absolute Gasteiger partial charge is 0.116 e. The third-order valence-corrected chi connectivity index (χ3v) is 4.05. The van der Waals surface area contributed by atoms with Gasteiger partial charge in [-0.1, -0.05) is 54.6 Å². The molecule has 0 bridgehead atoms. The summed E-state index contributed by atoms with van der Waals surface area (Å²) in [6, 6.07) is 16.8. The maximum Gasteiger partial charge on any atom is 0.116 e. The van der Waals surface area contributed by atoms with Crippen LogP contribution in [0.4, 0.5) is 0 Å². The van der Waals surface area contributed by atoms with Crippen LogP contribution in [0.15, 0.2) is 66.2 Å². The Morgan fingerprint density at radius 3 is 2.42 bits per heavy atom. The molecule has 24 heavy (non-hydrogen) atoms. The number of rotatable bonds is 3. The minimum Gasteiger partial charge on any atom is -0.508 e. The highest BCUT2D eigenvalue weighted by atomic mass is 16.3. The van der Waals surface area contributed by atoms with E-state index >= 15 is 0 Å². The second-order valence-corrected chi connectivity index (χ2v) is 6.11. The van der Waals surface area contributed by atoms with Crippen molar-refractivity contribution in [3.05, 3.63) is 82.2 Å². The highest BCUT2D eigenvalue weighted by Gasteiger charge is 1.99. The zero-order valence-corrected chi connectivity index (χ0v) is 13.7. The van der Waals surface area contributed by atoms with Crippen molar-refractivity contribution in [2.75, 3.05) is 0 Å². The normalized spacial score (nSPS) is 12.7. The zero-order valence-electron chi connectivity index (χ0n) is 13.7. The van der Waals surface area contributed by atoms with Gasteiger partial charge in [-0.25, -0.2) is 0 Å². The molecule has 3 aromatic carbocycles. The molecule has 0 saturated carbocycles. The molecule has 0 radical (unpaired) electrons. The number of fused-ring (bicyclic) bond motifs is 1. The van der Waals surface area contributed by atoms with Crippen LogP contribution in [0.1, 0.15) is 12.5 Å². The van der Waals surface area contributed by atoms with E-state index in [2.05, 4.69) is 31.7 Å². The van der Waals surface area contributed by atoms with Gasteiger partial charge in [0.05, 0.1) is 0 Å². The molecular formula is C22H20O2. The van der Waals surface area contributed by atoms with Gasteiger partial charge in [0.25, 0.3) is 0 Å². The lowest BCUT2D eigenvalue weighted by atomic mass is 10.0. The van der Waals surface area contributed by atoms with Crippen LogP contribution in [0, 0.1) is 0 Å². The maximum atomic E-state index is 9.57. The first-order valence-electron chi connectivity index (χ1n) is 7.88. The van der Waals surface area contributed by atoms with Crippen molar-refractivity contribution in [1.29, 1.82) is 0 Å². The monoisotopic (exact) mass is 316 g/mol. The minimum absolute atomic E-state index is 0.248. The van der Waals surface area contributed by atoms with Gasteiger partial charge >= 0.3 is 0 Å². The van der Waals surface area contributed by atoms with Gasteiger partial charge in [-0.15, -0.1) is 0 Å². The van der Waals surface area contributed by atoms with Crippen LogP contribution in [0.25, 0.3) is 23.4 Å². The van der Waals surface area contributed by atoms with Gasteiger partial charge in [0.1, 0.15) is 11.5 Å². The lowest BCUT2D eigenvalue weighted by molar-refractivity contribution is 0.474. The second-order valence-electron chi connectivity index (χ2n) is 6.11. The first kappa shape index (κ1) is 15.9. The third kappa shape index (κ3) is 3.66. The molecule has 0 saturated heterocycles. The summed E-state index contributed by atoms with van der Waals surface area (Å²) >= 11 is 0. The number of hydrogen-bond donors (Lipinski definition) is 2. The quantitative estimate of drug-likeness (QED) is 0.774. The number of phenolic OH excluding ortho intramolecular Hbond substituents is 2. The highest BCUT2D eigenvalue weighted by Crippen LogP contribution is 2.22. The molecule has 0 atom stereocenters. The maximum absolute atomic E-state index is 9.57. The van der Waals surface area contributed by atoms with E-state index < -0.39 is 0 Å². The number of phenols is 2. The molecule has 0 aliphatic rings. The second kappa shape index (κ2) is 6.63. The number of hydrogen-bond acceptors (Lipinski definition) is 2. The molecule has 3 aromatic rings. The molecule has 120 valence electrons. The number of aromatic hydroxyl groups is 2. The van der Waals surface area contributed by atoms with Crippen LogP contribution in [-0.4, -0.2) is 10.2 Å². The number of allylic oxidation sites excluding steroid dienone is 2. The van der Waals surface area contributed by atoms with Crippen LogP contribution >= 0.6 is 0 Å². The van der Waals surface area contributed by atoms with Crippen LogP contribution in [0.5, 0.6) is 11.5 Å². The molecule has 0 spiro atoms. The van der Waals surface area contributed by atoms with Crippen LogP contribution in [-0.2, 0) is 6.42 Å². The summed E-state index contributed by atoms with van der Waals surface area (Å²) in [5.41, 5.74) is 2.44. The predicted molar refractivity (Wildman–Crippen MR) is 100 cm³/mol. The van der Waals surface area contributed by atoms with Crippen molar-refractivity contribution in [3.63, 3.8) is 0 Å². The van der Waals surface area contributed by atoms with Gasteiger partial charge in [-0.2, -0.15) is 0 Å². The van der Waals surface area contributed by atoms with Crippen molar-refractivity contribution in [2.45, 2.75) is 13.3 Å². The summed E-state index contributed by atoms with van der Waals surface area (Å²) in [6.45, 7) is 6.06. The molecule has 0 aromatic heterocycles. The fourth-order valence-electron chi connectivity index (χ4n) is 2.74. The molecule has 0 heterocycles. The Hall–Kier alpha value is -3.00. The molecule has 2 heteroatoms. The molecular weight excluding hydrogens is 296 g/mol. The van der Waals surface area contributed by atoms with Gasteiger partial charge in [0.15, 0.2) is 0 Å². The van der Waals surface area contributed by atoms with Crippen LogP contribution < -0.4 is 10.4 Å². The van der Waals surface area contributed by atoms with E-state index in [0.717, 1.165) is 27.6 Å². The fourth-order valence-corrected chi connectivity index (χ4v) is 2.74. The van der Waals surface area contributed by atoms with Crippen LogP contribution in [0.2, 0.25) is 0 Å². The Balaban J connectivity index is 1.86. The van der Waals surface area contributed by atoms with E-state index in [1.165, 1.54) is 11.1 Å². The summed E-state index contributed by atoms with van der Waals surface area (Å²) in [6.07, 6.45) is 4.89. The molecule has 0 unspecified atom stereocenters. The average molecular weight is 316 g/mol.